The van der Waals surface area contributed by atoms with E-state index in [1.807, 2.05) is 35.2 Å². The molecule has 0 radical (unpaired) electrons. The van der Waals surface area contributed by atoms with Crippen molar-refractivity contribution in [2.75, 3.05) is 19.0 Å². The second-order valence-electron chi connectivity index (χ2n) is 6.63. The van der Waals surface area contributed by atoms with Crippen LogP contribution < -0.4 is 14.8 Å². The summed E-state index contributed by atoms with van der Waals surface area (Å²) in [5, 5.41) is 12.3. The lowest BCUT2D eigenvalue weighted by molar-refractivity contribution is -0.139. The Morgan fingerprint density at radius 1 is 1.22 bits per heavy atom. The Morgan fingerprint density at radius 3 is 2.70 bits per heavy atom. The number of rotatable bonds is 6. The maximum absolute atomic E-state index is 13.0. The van der Waals surface area contributed by atoms with Crippen molar-refractivity contribution in [2.45, 2.75) is 25.0 Å². The monoisotopic (exact) mass is 368 g/mol. The van der Waals surface area contributed by atoms with E-state index in [1.54, 1.807) is 12.1 Å². The molecule has 0 bridgehead atoms. The van der Waals surface area contributed by atoms with Crippen molar-refractivity contribution in [3.63, 3.8) is 0 Å². The summed E-state index contributed by atoms with van der Waals surface area (Å²) in [5.41, 5.74) is 2.33. The first-order chi connectivity index (χ1) is 13.1. The van der Waals surface area contributed by atoms with Crippen molar-refractivity contribution in [1.29, 1.82) is 0 Å². The summed E-state index contributed by atoms with van der Waals surface area (Å²) in [7, 11) is 1.50. The fourth-order valence-corrected chi connectivity index (χ4v) is 3.35. The minimum atomic E-state index is -1.06. The molecule has 7 heteroatoms. The minimum Gasteiger partial charge on any atom is -0.493 e. The standard InChI is InChI=1S/C20H20N2O5/c1-26-17-10-12(6-9-16(17)27-11-18(23)24)19-21-15-5-3-2-4-14(15)20(25)22(19)13-7-8-13/h2-6,9-10,13,19,21H,7-8,11H2,1H3,(H,23,24)/t19-/m0/s1. The average Bonchev–Trinajstić information content (AvgIpc) is 3.51. The number of amides is 1. The number of methoxy groups -OCH3 is 1. The van der Waals surface area contributed by atoms with E-state index < -0.39 is 12.6 Å². The number of carboxylic acids is 1. The number of fused-ring (bicyclic) bond motifs is 1. The number of carbonyl (C=O) groups excluding carboxylic acids is 1. The van der Waals surface area contributed by atoms with Gasteiger partial charge in [0.05, 0.1) is 12.7 Å². The Hall–Kier alpha value is -3.22. The average molecular weight is 368 g/mol. The highest BCUT2D eigenvalue weighted by Crippen LogP contribution is 2.42. The smallest absolute Gasteiger partial charge is 0.341 e. The molecule has 1 aliphatic heterocycles. The van der Waals surface area contributed by atoms with E-state index in [2.05, 4.69) is 5.32 Å². The zero-order valence-electron chi connectivity index (χ0n) is 14.8. The largest absolute Gasteiger partial charge is 0.493 e. The molecule has 2 N–H and O–H groups in total. The van der Waals surface area contributed by atoms with Crippen molar-refractivity contribution in [1.82, 2.24) is 4.90 Å². The molecule has 4 rings (SSSR count). The van der Waals surface area contributed by atoms with Gasteiger partial charge in [-0.2, -0.15) is 0 Å². The topological polar surface area (TPSA) is 88.1 Å². The molecule has 2 aromatic rings. The van der Waals surface area contributed by atoms with Gasteiger partial charge in [0.2, 0.25) is 0 Å². The first kappa shape index (κ1) is 17.2. The predicted molar refractivity (Wildman–Crippen MR) is 98.1 cm³/mol. The molecule has 1 fully saturated rings. The molecule has 2 aromatic carbocycles. The van der Waals surface area contributed by atoms with E-state index in [0.29, 0.717) is 17.1 Å². The summed E-state index contributed by atoms with van der Waals surface area (Å²) in [6.45, 7) is -0.447. The van der Waals surface area contributed by atoms with Crippen LogP contribution in [0.25, 0.3) is 0 Å². The summed E-state index contributed by atoms with van der Waals surface area (Å²) >= 11 is 0. The van der Waals surface area contributed by atoms with Crippen molar-refractivity contribution >= 4 is 17.6 Å². The molecule has 2 aliphatic rings. The SMILES string of the molecule is COc1cc([C@H]2Nc3ccccc3C(=O)N2C2CC2)ccc1OCC(=O)O. The van der Waals surface area contributed by atoms with Crippen LogP contribution in [-0.2, 0) is 4.79 Å². The highest BCUT2D eigenvalue weighted by molar-refractivity contribution is 6.02. The second-order valence-corrected chi connectivity index (χ2v) is 6.63. The van der Waals surface area contributed by atoms with E-state index >= 15 is 0 Å². The van der Waals surface area contributed by atoms with E-state index in [0.717, 1.165) is 24.1 Å². The van der Waals surface area contributed by atoms with Crippen molar-refractivity contribution in [2.24, 2.45) is 0 Å². The van der Waals surface area contributed by atoms with Gasteiger partial charge in [0, 0.05) is 11.7 Å². The van der Waals surface area contributed by atoms with Crippen molar-refractivity contribution in [3.8, 4) is 11.5 Å². The third kappa shape index (κ3) is 3.28. The zero-order chi connectivity index (χ0) is 19.0. The fourth-order valence-electron chi connectivity index (χ4n) is 3.35. The molecular weight excluding hydrogens is 348 g/mol. The van der Waals surface area contributed by atoms with Crippen LogP contribution in [0, 0.1) is 0 Å². The predicted octanol–water partition coefficient (Wildman–Crippen LogP) is 2.89. The van der Waals surface area contributed by atoms with Crippen LogP contribution in [0.5, 0.6) is 11.5 Å². The number of hydrogen-bond donors (Lipinski definition) is 2. The molecule has 0 spiro atoms. The van der Waals surface area contributed by atoms with Crippen LogP contribution in [0.15, 0.2) is 42.5 Å². The second kappa shape index (κ2) is 6.83. The lowest BCUT2D eigenvalue weighted by Crippen LogP contribution is -2.44. The van der Waals surface area contributed by atoms with Crippen LogP contribution >= 0.6 is 0 Å². The summed E-state index contributed by atoms with van der Waals surface area (Å²) in [6, 6.07) is 13.0. The summed E-state index contributed by atoms with van der Waals surface area (Å²) in [5.74, 6) is -0.263. The van der Waals surface area contributed by atoms with Gasteiger partial charge < -0.3 is 24.8 Å². The minimum absolute atomic E-state index is 0.0158. The Morgan fingerprint density at radius 2 is 2.00 bits per heavy atom. The lowest BCUT2D eigenvalue weighted by Gasteiger charge is -2.38. The molecule has 1 saturated carbocycles. The van der Waals surface area contributed by atoms with Gasteiger partial charge in [0.15, 0.2) is 18.1 Å². The molecule has 7 nitrogen and oxygen atoms in total. The van der Waals surface area contributed by atoms with Crippen LogP contribution in [0.1, 0.15) is 34.9 Å². The Bertz CT molecular complexity index is 894. The number of nitrogens with one attached hydrogen (secondary N) is 1. The molecular formula is C20H20N2O5. The lowest BCUT2D eigenvalue weighted by atomic mass is 10.0. The number of benzene rings is 2. The van der Waals surface area contributed by atoms with Crippen molar-refractivity contribution < 1.29 is 24.2 Å². The molecule has 1 atom stereocenters. The van der Waals surface area contributed by atoms with E-state index in [4.69, 9.17) is 14.6 Å². The summed E-state index contributed by atoms with van der Waals surface area (Å²) < 4.78 is 10.6. The normalized spacial score (nSPS) is 18.5. The van der Waals surface area contributed by atoms with Gasteiger partial charge in [0.25, 0.3) is 5.91 Å². The Labute approximate surface area is 156 Å². The number of aliphatic carboxylic acids is 1. The highest BCUT2D eigenvalue weighted by Gasteiger charge is 2.42. The molecule has 27 heavy (non-hydrogen) atoms. The molecule has 1 heterocycles. The van der Waals surface area contributed by atoms with E-state index in [9.17, 15) is 9.59 Å². The first-order valence-corrected chi connectivity index (χ1v) is 8.79. The summed E-state index contributed by atoms with van der Waals surface area (Å²) in [4.78, 5) is 25.7. The molecule has 140 valence electrons. The Balaban J connectivity index is 1.69. The number of para-hydroxylation sites is 1. The Kier molecular flexibility index (Phi) is 4.35. The van der Waals surface area contributed by atoms with Crippen molar-refractivity contribution in [3.05, 3.63) is 53.6 Å². The molecule has 1 aliphatic carbocycles. The number of anilines is 1. The number of carbonyl (C=O) groups is 2. The van der Waals surface area contributed by atoms with Gasteiger partial charge in [-0.3, -0.25) is 4.79 Å². The maximum Gasteiger partial charge on any atom is 0.341 e. The van der Waals surface area contributed by atoms with Gasteiger partial charge in [-0.1, -0.05) is 18.2 Å². The number of hydrogen-bond acceptors (Lipinski definition) is 5. The van der Waals surface area contributed by atoms with Gasteiger partial charge in [-0.05, 0) is 42.7 Å². The molecule has 0 saturated heterocycles. The summed E-state index contributed by atoms with van der Waals surface area (Å²) in [6.07, 6.45) is 1.66. The highest BCUT2D eigenvalue weighted by atomic mass is 16.5. The quantitative estimate of drug-likeness (QED) is 0.815. The van der Waals surface area contributed by atoms with Gasteiger partial charge in [-0.25, -0.2) is 4.79 Å². The van der Waals surface area contributed by atoms with Gasteiger partial charge in [-0.15, -0.1) is 0 Å². The van der Waals surface area contributed by atoms with Gasteiger partial charge in [0.1, 0.15) is 6.17 Å². The van der Waals surface area contributed by atoms with Gasteiger partial charge >= 0.3 is 5.97 Å². The molecule has 0 unspecified atom stereocenters. The first-order valence-electron chi connectivity index (χ1n) is 8.79. The number of nitrogens with zero attached hydrogens (tertiary/aromatic N) is 1. The third-order valence-corrected chi connectivity index (χ3v) is 4.76. The molecule has 1 amide bonds. The van der Waals surface area contributed by atoms with Crippen LogP contribution in [0.4, 0.5) is 5.69 Å². The van der Waals surface area contributed by atoms with Crippen LogP contribution in [0.2, 0.25) is 0 Å². The fraction of sp³-hybridized carbons (Fsp3) is 0.300. The number of ether oxygens (including phenoxy) is 2. The third-order valence-electron chi connectivity index (χ3n) is 4.76. The maximum atomic E-state index is 13.0. The van der Waals surface area contributed by atoms with Crippen LogP contribution in [0.3, 0.4) is 0 Å². The van der Waals surface area contributed by atoms with E-state index in [1.165, 1.54) is 7.11 Å². The zero-order valence-corrected chi connectivity index (χ0v) is 14.8. The molecule has 0 aromatic heterocycles. The van der Waals surface area contributed by atoms with Crippen LogP contribution in [-0.4, -0.2) is 41.6 Å². The van der Waals surface area contributed by atoms with E-state index in [-0.39, 0.29) is 18.1 Å². The number of carboxylic acid groups (broad SMARTS) is 1.